The Balaban J connectivity index is 1.89. The minimum atomic E-state index is 0.388. The highest BCUT2D eigenvalue weighted by Gasteiger charge is 2.56. The molecule has 0 radical (unpaired) electrons. The first-order chi connectivity index (χ1) is 6.99. The first kappa shape index (κ1) is 10.3. The molecule has 0 aromatic carbocycles. The van der Waals surface area contributed by atoms with Gasteiger partial charge >= 0.3 is 0 Å². The average molecular weight is 271 g/mol. The average Bonchev–Trinajstić information content (AvgIpc) is 1.94. The van der Waals surface area contributed by atoms with Gasteiger partial charge in [-0.3, -0.25) is 0 Å². The van der Waals surface area contributed by atoms with Crippen LogP contribution < -0.4 is 0 Å². The van der Waals surface area contributed by atoms with Gasteiger partial charge in [-0.1, -0.05) is 15.9 Å². The molecular formula is C13H19BrO. The Morgan fingerprint density at radius 3 is 2.33 bits per heavy atom. The molecule has 0 spiro atoms. The van der Waals surface area contributed by atoms with Crippen molar-refractivity contribution >= 4 is 21.7 Å². The van der Waals surface area contributed by atoms with Crippen LogP contribution in [0.4, 0.5) is 0 Å². The van der Waals surface area contributed by atoms with E-state index in [9.17, 15) is 4.79 Å². The van der Waals surface area contributed by atoms with Crippen LogP contribution >= 0.6 is 15.9 Å². The zero-order valence-electron chi connectivity index (χ0n) is 9.39. The SMILES string of the molecule is CC(=O)CC12C[C@@H]3C[C@H](CC(Br)(C3)C1)C2. The van der Waals surface area contributed by atoms with Crippen molar-refractivity contribution in [2.45, 2.75) is 56.2 Å². The lowest BCUT2D eigenvalue weighted by Gasteiger charge is -2.60. The molecule has 15 heavy (non-hydrogen) atoms. The number of ketones is 1. The second kappa shape index (κ2) is 3.09. The molecule has 2 heteroatoms. The van der Waals surface area contributed by atoms with Crippen molar-refractivity contribution < 1.29 is 4.79 Å². The molecule has 0 amide bonds. The number of alkyl halides is 1. The molecule has 0 aromatic heterocycles. The van der Waals surface area contributed by atoms with Crippen LogP contribution in [0.15, 0.2) is 0 Å². The van der Waals surface area contributed by atoms with E-state index in [-0.39, 0.29) is 0 Å². The molecule has 0 aromatic rings. The van der Waals surface area contributed by atoms with E-state index in [0.29, 0.717) is 15.5 Å². The maximum atomic E-state index is 11.4. The van der Waals surface area contributed by atoms with E-state index < -0.39 is 0 Å². The third kappa shape index (κ3) is 1.69. The minimum absolute atomic E-state index is 0.388. The number of hydrogen-bond donors (Lipinski definition) is 0. The van der Waals surface area contributed by atoms with Crippen molar-refractivity contribution in [3.63, 3.8) is 0 Å². The molecule has 0 N–H and O–H groups in total. The fourth-order valence-corrected chi connectivity index (χ4v) is 6.58. The van der Waals surface area contributed by atoms with E-state index in [1.807, 2.05) is 0 Å². The largest absolute Gasteiger partial charge is 0.300 e. The first-order valence-electron chi connectivity index (χ1n) is 6.17. The summed E-state index contributed by atoms with van der Waals surface area (Å²) >= 11 is 3.97. The van der Waals surface area contributed by atoms with Gasteiger partial charge in [-0.25, -0.2) is 0 Å². The molecule has 4 bridgehead atoms. The Bertz CT molecular complexity index is 296. The third-order valence-corrected chi connectivity index (χ3v) is 5.66. The van der Waals surface area contributed by atoms with Gasteiger partial charge in [0.1, 0.15) is 5.78 Å². The van der Waals surface area contributed by atoms with Gasteiger partial charge in [0.2, 0.25) is 0 Å². The van der Waals surface area contributed by atoms with Crippen molar-refractivity contribution in [1.82, 2.24) is 0 Å². The predicted molar refractivity (Wildman–Crippen MR) is 64.1 cm³/mol. The number of carbonyl (C=O) groups is 1. The van der Waals surface area contributed by atoms with Crippen molar-refractivity contribution in [1.29, 1.82) is 0 Å². The highest BCUT2D eigenvalue weighted by Crippen LogP contribution is 2.65. The van der Waals surface area contributed by atoms with Crippen molar-refractivity contribution in [2.75, 3.05) is 0 Å². The Morgan fingerprint density at radius 1 is 1.27 bits per heavy atom. The summed E-state index contributed by atoms with van der Waals surface area (Å²) in [6.07, 6.45) is 8.92. The van der Waals surface area contributed by atoms with Crippen LogP contribution in [0.3, 0.4) is 0 Å². The van der Waals surface area contributed by atoms with Gasteiger partial charge in [0.05, 0.1) is 0 Å². The summed E-state index contributed by atoms with van der Waals surface area (Å²) in [5.74, 6) is 2.21. The quantitative estimate of drug-likeness (QED) is 0.700. The zero-order chi connectivity index (χ0) is 10.7. The molecule has 4 fully saturated rings. The molecular weight excluding hydrogens is 252 g/mol. The van der Waals surface area contributed by atoms with Crippen LogP contribution in [0, 0.1) is 17.3 Å². The summed E-state index contributed by atoms with van der Waals surface area (Å²) in [5, 5.41) is 0. The molecule has 0 heterocycles. The van der Waals surface area contributed by atoms with Gasteiger partial charge in [0.25, 0.3) is 0 Å². The van der Waals surface area contributed by atoms with Crippen molar-refractivity contribution in [3.8, 4) is 0 Å². The fraction of sp³-hybridized carbons (Fsp3) is 0.923. The van der Waals surface area contributed by atoms with Gasteiger partial charge < -0.3 is 4.79 Å². The Kier molecular flexibility index (Phi) is 2.12. The van der Waals surface area contributed by atoms with Gasteiger partial charge in [-0.15, -0.1) is 0 Å². The molecule has 84 valence electrons. The molecule has 0 saturated heterocycles. The second-order valence-corrected chi connectivity index (χ2v) is 8.17. The van der Waals surface area contributed by atoms with Gasteiger partial charge in [-0.2, -0.15) is 0 Å². The zero-order valence-corrected chi connectivity index (χ0v) is 11.0. The fourth-order valence-electron chi connectivity index (χ4n) is 5.07. The first-order valence-corrected chi connectivity index (χ1v) is 6.96. The van der Waals surface area contributed by atoms with Crippen LogP contribution in [0.1, 0.15) is 51.9 Å². The van der Waals surface area contributed by atoms with Gasteiger partial charge in [-0.05, 0) is 62.7 Å². The summed E-state index contributed by atoms with van der Waals surface area (Å²) in [6, 6.07) is 0. The van der Waals surface area contributed by atoms with Crippen LogP contribution in [0.5, 0.6) is 0 Å². The number of Topliss-reactive ketones (excluding diaryl/α,β-unsaturated/α-hetero) is 1. The molecule has 4 aliphatic carbocycles. The van der Waals surface area contributed by atoms with Crippen molar-refractivity contribution in [3.05, 3.63) is 0 Å². The number of hydrogen-bond acceptors (Lipinski definition) is 1. The van der Waals surface area contributed by atoms with E-state index in [1.54, 1.807) is 6.92 Å². The predicted octanol–water partition coefficient (Wildman–Crippen LogP) is 3.70. The van der Waals surface area contributed by atoms with Crippen molar-refractivity contribution in [2.24, 2.45) is 17.3 Å². The minimum Gasteiger partial charge on any atom is -0.300 e. The maximum Gasteiger partial charge on any atom is 0.130 e. The lowest BCUT2D eigenvalue weighted by molar-refractivity contribution is -0.124. The number of carbonyl (C=O) groups excluding carboxylic acids is 1. The topological polar surface area (TPSA) is 17.1 Å². The van der Waals surface area contributed by atoms with E-state index in [1.165, 1.54) is 38.5 Å². The lowest BCUT2D eigenvalue weighted by Crippen LogP contribution is -2.53. The molecule has 0 unspecified atom stereocenters. The highest BCUT2D eigenvalue weighted by atomic mass is 79.9. The lowest BCUT2D eigenvalue weighted by atomic mass is 9.48. The standard InChI is InChI=1S/C13H19BrO/c1-9(15)3-12-4-10-2-11(5-12)7-13(14,6-10)8-12/h10-11H,2-8H2,1H3/t10-,11-,12?,13?/m0/s1. The summed E-state index contributed by atoms with van der Waals surface area (Å²) in [6.45, 7) is 1.76. The third-order valence-electron chi connectivity index (χ3n) is 4.73. The number of rotatable bonds is 2. The summed E-state index contributed by atoms with van der Waals surface area (Å²) in [5.41, 5.74) is 0.388. The Hall–Kier alpha value is 0.150. The van der Waals surface area contributed by atoms with Gasteiger partial charge in [0.15, 0.2) is 0 Å². The monoisotopic (exact) mass is 270 g/mol. The van der Waals surface area contributed by atoms with E-state index in [0.717, 1.165) is 18.3 Å². The highest BCUT2D eigenvalue weighted by molar-refractivity contribution is 9.10. The van der Waals surface area contributed by atoms with E-state index in [4.69, 9.17) is 0 Å². The molecule has 0 aliphatic heterocycles. The van der Waals surface area contributed by atoms with Gasteiger partial charge in [0, 0.05) is 10.7 Å². The maximum absolute atomic E-state index is 11.4. The van der Waals surface area contributed by atoms with Crippen LogP contribution in [0.2, 0.25) is 0 Å². The summed E-state index contributed by atoms with van der Waals surface area (Å²) < 4.78 is 0.409. The van der Waals surface area contributed by atoms with Crippen LogP contribution in [-0.4, -0.2) is 10.1 Å². The molecule has 4 aliphatic rings. The Morgan fingerprint density at radius 2 is 1.87 bits per heavy atom. The molecule has 4 rings (SSSR count). The van der Waals surface area contributed by atoms with Crippen LogP contribution in [0.25, 0.3) is 0 Å². The molecule has 4 saturated carbocycles. The molecule has 1 nitrogen and oxygen atoms in total. The second-order valence-electron chi connectivity index (χ2n) is 6.49. The normalized spacial score (nSPS) is 52.1. The number of halogens is 1. The summed E-state index contributed by atoms with van der Waals surface area (Å²) in [4.78, 5) is 11.4. The smallest absolute Gasteiger partial charge is 0.130 e. The molecule has 2 atom stereocenters. The Labute approximate surface area is 100 Å². The summed E-state index contributed by atoms with van der Waals surface area (Å²) in [7, 11) is 0. The van der Waals surface area contributed by atoms with E-state index >= 15 is 0 Å². The van der Waals surface area contributed by atoms with Crippen LogP contribution in [-0.2, 0) is 4.79 Å². The van der Waals surface area contributed by atoms with E-state index in [2.05, 4.69) is 15.9 Å².